The molecule has 0 bridgehead atoms. The van der Waals surface area contributed by atoms with E-state index in [4.69, 9.17) is 40.2 Å². The third-order valence-corrected chi connectivity index (χ3v) is 5.26. The smallest absolute Gasteiger partial charge is 0.175 e. The van der Waals surface area contributed by atoms with Crippen molar-refractivity contribution < 1.29 is 4.74 Å². The molecule has 0 saturated carbocycles. The van der Waals surface area contributed by atoms with Crippen molar-refractivity contribution in [3.05, 3.63) is 69.5 Å². The van der Waals surface area contributed by atoms with Gasteiger partial charge in [0.05, 0.1) is 36.4 Å². The number of rotatable bonds is 5. The minimum Gasteiger partial charge on any atom is -0.495 e. The molecule has 0 amide bonds. The summed E-state index contributed by atoms with van der Waals surface area (Å²) in [5.74, 6) is 0.712. The summed E-state index contributed by atoms with van der Waals surface area (Å²) in [6, 6.07) is 13.0. The van der Waals surface area contributed by atoms with Crippen LogP contribution in [0, 0.1) is 13.8 Å². The van der Waals surface area contributed by atoms with E-state index in [2.05, 4.69) is 15.7 Å². The molecule has 1 heterocycles. The molecule has 3 rings (SSSR count). The number of thiocarbonyl (C=S) groups is 1. The highest BCUT2D eigenvalue weighted by molar-refractivity contribution is 7.80. The quantitative estimate of drug-likeness (QED) is 0.506. The van der Waals surface area contributed by atoms with E-state index < -0.39 is 0 Å². The zero-order valence-electron chi connectivity index (χ0n) is 15.7. The van der Waals surface area contributed by atoms with E-state index in [1.165, 1.54) is 0 Å². The summed E-state index contributed by atoms with van der Waals surface area (Å²) >= 11 is 18.1. The Hall–Kier alpha value is -2.28. The van der Waals surface area contributed by atoms with Crippen molar-refractivity contribution in [3.8, 4) is 5.75 Å². The maximum atomic E-state index is 6.30. The number of halogens is 2. The summed E-state index contributed by atoms with van der Waals surface area (Å²) in [4.78, 5) is 0. The van der Waals surface area contributed by atoms with Gasteiger partial charge < -0.3 is 15.4 Å². The maximum Gasteiger partial charge on any atom is 0.175 e. The average Bonchev–Trinajstić information content (AvgIpc) is 2.92. The number of ether oxygens (including phenoxy) is 1. The molecule has 0 spiro atoms. The lowest BCUT2D eigenvalue weighted by molar-refractivity contribution is 0.417. The second-order valence-corrected chi connectivity index (χ2v) is 7.41. The highest BCUT2D eigenvalue weighted by Crippen LogP contribution is 2.28. The molecule has 0 saturated heterocycles. The van der Waals surface area contributed by atoms with Gasteiger partial charge in [0.2, 0.25) is 0 Å². The fourth-order valence-corrected chi connectivity index (χ4v) is 3.61. The minimum absolute atomic E-state index is 0.450. The number of hydrogen-bond acceptors (Lipinski definition) is 3. The van der Waals surface area contributed by atoms with Crippen molar-refractivity contribution in [1.29, 1.82) is 0 Å². The molecule has 0 atom stereocenters. The number of hydrogen-bond donors (Lipinski definition) is 2. The Balaban J connectivity index is 1.79. The zero-order valence-corrected chi connectivity index (χ0v) is 18.0. The third-order valence-electron chi connectivity index (χ3n) is 4.34. The molecule has 0 radical (unpaired) electrons. The van der Waals surface area contributed by atoms with Crippen LogP contribution in [0.3, 0.4) is 0 Å². The zero-order chi connectivity index (χ0) is 20.3. The second-order valence-electron chi connectivity index (χ2n) is 6.18. The van der Waals surface area contributed by atoms with Gasteiger partial charge in [-0.15, -0.1) is 0 Å². The Bertz CT molecular complexity index is 999. The third kappa shape index (κ3) is 4.41. The molecule has 3 aromatic rings. The Morgan fingerprint density at radius 2 is 1.75 bits per heavy atom. The van der Waals surface area contributed by atoms with Crippen molar-refractivity contribution in [2.45, 2.75) is 20.4 Å². The number of anilines is 2. The molecule has 0 aliphatic carbocycles. The van der Waals surface area contributed by atoms with Crippen LogP contribution in [-0.2, 0) is 6.54 Å². The summed E-state index contributed by atoms with van der Waals surface area (Å²) in [5, 5.41) is 12.7. The normalized spacial score (nSPS) is 10.6. The topological polar surface area (TPSA) is 51.1 Å². The van der Waals surface area contributed by atoms with E-state index >= 15 is 0 Å². The molecule has 8 heteroatoms. The number of aryl methyl sites for hydroxylation is 1. The average molecular weight is 435 g/mol. The number of benzene rings is 2. The monoisotopic (exact) mass is 434 g/mol. The molecule has 5 nitrogen and oxygen atoms in total. The lowest BCUT2D eigenvalue weighted by Crippen LogP contribution is -2.20. The maximum absolute atomic E-state index is 6.30. The van der Waals surface area contributed by atoms with Crippen molar-refractivity contribution >= 4 is 51.9 Å². The highest BCUT2D eigenvalue weighted by atomic mass is 35.5. The van der Waals surface area contributed by atoms with Gasteiger partial charge in [-0.2, -0.15) is 5.10 Å². The standard InChI is InChI=1S/C20H20Cl2N4OS/c1-12-19(24-20(28)23-17-9-4-5-10-18(17)27-3)13(2)26(25-12)11-14-15(21)7-6-8-16(14)22/h4-10H,11H2,1-3H3,(H2,23,24,28). The van der Waals surface area contributed by atoms with Crippen LogP contribution in [0.15, 0.2) is 42.5 Å². The van der Waals surface area contributed by atoms with Gasteiger partial charge >= 0.3 is 0 Å². The van der Waals surface area contributed by atoms with Crippen LogP contribution in [0.4, 0.5) is 11.4 Å². The fourth-order valence-electron chi connectivity index (χ4n) is 2.88. The molecule has 2 aromatic carbocycles. The first-order valence-corrected chi connectivity index (χ1v) is 9.75. The molecule has 1 aromatic heterocycles. The fraction of sp³-hybridized carbons (Fsp3) is 0.200. The van der Waals surface area contributed by atoms with Crippen molar-refractivity contribution in [1.82, 2.24) is 9.78 Å². The first kappa shape index (κ1) is 20.5. The van der Waals surface area contributed by atoms with Crippen molar-refractivity contribution in [2.24, 2.45) is 0 Å². The predicted molar refractivity (Wildman–Crippen MR) is 120 cm³/mol. The largest absolute Gasteiger partial charge is 0.495 e. The summed E-state index contributed by atoms with van der Waals surface area (Å²) in [6.45, 7) is 4.37. The highest BCUT2D eigenvalue weighted by Gasteiger charge is 2.16. The van der Waals surface area contributed by atoms with E-state index in [9.17, 15) is 0 Å². The molecule has 146 valence electrons. The van der Waals surface area contributed by atoms with Crippen LogP contribution in [0.25, 0.3) is 0 Å². The van der Waals surface area contributed by atoms with Crippen molar-refractivity contribution in [2.75, 3.05) is 17.7 Å². The molecule has 0 fully saturated rings. The molecular weight excluding hydrogens is 415 g/mol. The van der Waals surface area contributed by atoms with Gasteiger partial charge in [-0.3, -0.25) is 4.68 Å². The molecule has 2 N–H and O–H groups in total. The van der Waals surface area contributed by atoms with Crippen LogP contribution < -0.4 is 15.4 Å². The molecule has 0 aliphatic rings. The predicted octanol–water partition coefficient (Wildman–Crippen LogP) is 5.67. The summed E-state index contributed by atoms with van der Waals surface area (Å²) in [6.07, 6.45) is 0. The molecule has 28 heavy (non-hydrogen) atoms. The SMILES string of the molecule is COc1ccccc1NC(=S)Nc1c(C)nn(Cc2c(Cl)cccc2Cl)c1C. The molecule has 0 unspecified atom stereocenters. The number of nitrogens with one attached hydrogen (secondary N) is 2. The summed E-state index contributed by atoms with van der Waals surface area (Å²) in [5.41, 5.74) is 4.21. The van der Waals surface area contributed by atoms with Gasteiger partial charge in [0.1, 0.15) is 5.75 Å². The number of methoxy groups -OCH3 is 1. The Morgan fingerprint density at radius 1 is 1.07 bits per heavy atom. The summed E-state index contributed by atoms with van der Waals surface area (Å²) < 4.78 is 7.20. The lowest BCUT2D eigenvalue weighted by atomic mass is 10.2. The van der Waals surface area contributed by atoms with Gasteiger partial charge in [-0.05, 0) is 50.3 Å². The Labute approximate surface area is 179 Å². The van der Waals surface area contributed by atoms with Gasteiger partial charge in [-0.25, -0.2) is 0 Å². The van der Waals surface area contributed by atoms with E-state index in [0.717, 1.165) is 28.3 Å². The number of aromatic nitrogens is 2. The van der Waals surface area contributed by atoms with Crippen LogP contribution in [-0.4, -0.2) is 22.0 Å². The number of para-hydroxylation sites is 2. The van der Waals surface area contributed by atoms with E-state index in [1.54, 1.807) is 7.11 Å². The van der Waals surface area contributed by atoms with Crippen LogP contribution in [0.2, 0.25) is 10.0 Å². The summed E-state index contributed by atoms with van der Waals surface area (Å²) in [7, 11) is 1.62. The van der Waals surface area contributed by atoms with Crippen LogP contribution in [0.1, 0.15) is 17.0 Å². The van der Waals surface area contributed by atoms with Gasteiger partial charge in [0.15, 0.2) is 5.11 Å². The second kappa shape index (κ2) is 8.82. The Kier molecular flexibility index (Phi) is 6.44. The minimum atomic E-state index is 0.450. The molecule has 0 aliphatic heterocycles. The van der Waals surface area contributed by atoms with Gasteiger partial charge in [-0.1, -0.05) is 41.4 Å². The number of nitrogens with zero attached hydrogens (tertiary/aromatic N) is 2. The lowest BCUT2D eigenvalue weighted by Gasteiger charge is -2.14. The van der Waals surface area contributed by atoms with E-state index in [0.29, 0.717) is 27.5 Å². The van der Waals surface area contributed by atoms with Gasteiger partial charge in [0.25, 0.3) is 0 Å². The van der Waals surface area contributed by atoms with Gasteiger partial charge in [0, 0.05) is 15.6 Å². The van der Waals surface area contributed by atoms with E-state index in [1.807, 2.05) is 61.0 Å². The molecular formula is C20H20Cl2N4OS. The first-order chi connectivity index (χ1) is 13.4. The Morgan fingerprint density at radius 3 is 2.43 bits per heavy atom. The van der Waals surface area contributed by atoms with Crippen molar-refractivity contribution in [3.63, 3.8) is 0 Å². The van der Waals surface area contributed by atoms with E-state index in [-0.39, 0.29) is 0 Å². The van der Waals surface area contributed by atoms with Crippen LogP contribution in [0.5, 0.6) is 5.75 Å². The van der Waals surface area contributed by atoms with Crippen LogP contribution >= 0.6 is 35.4 Å². The first-order valence-electron chi connectivity index (χ1n) is 8.58.